The van der Waals surface area contributed by atoms with Crippen molar-refractivity contribution >= 4 is 0 Å². The zero-order valence-corrected chi connectivity index (χ0v) is 10.3. The SMILES string of the molecule is c1ccc(CNC2CCCc3cccnc32)nc1. The Bertz CT molecular complexity index is 510. The van der Waals surface area contributed by atoms with Gasteiger partial charge in [0.1, 0.15) is 0 Å². The van der Waals surface area contributed by atoms with E-state index in [4.69, 9.17) is 0 Å². The monoisotopic (exact) mass is 239 g/mol. The number of aromatic nitrogens is 2. The minimum atomic E-state index is 0.372. The summed E-state index contributed by atoms with van der Waals surface area (Å²) in [6.07, 6.45) is 7.28. The minimum Gasteiger partial charge on any atom is -0.303 e. The summed E-state index contributed by atoms with van der Waals surface area (Å²) in [5, 5.41) is 3.57. The summed E-state index contributed by atoms with van der Waals surface area (Å²) in [4.78, 5) is 8.87. The van der Waals surface area contributed by atoms with Gasteiger partial charge in [-0.1, -0.05) is 12.1 Å². The van der Waals surface area contributed by atoms with Gasteiger partial charge in [-0.2, -0.15) is 0 Å². The topological polar surface area (TPSA) is 37.8 Å². The van der Waals surface area contributed by atoms with E-state index in [0.29, 0.717) is 6.04 Å². The molecular weight excluding hydrogens is 222 g/mol. The highest BCUT2D eigenvalue weighted by molar-refractivity contribution is 5.25. The summed E-state index contributed by atoms with van der Waals surface area (Å²) >= 11 is 0. The first kappa shape index (κ1) is 11.4. The number of fused-ring (bicyclic) bond motifs is 1. The Morgan fingerprint density at radius 3 is 2.94 bits per heavy atom. The highest BCUT2D eigenvalue weighted by Gasteiger charge is 2.20. The van der Waals surface area contributed by atoms with Crippen LogP contribution >= 0.6 is 0 Å². The number of hydrogen-bond donors (Lipinski definition) is 1. The molecule has 0 radical (unpaired) electrons. The molecule has 1 aliphatic carbocycles. The second-order valence-electron chi connectivity index (χ2n) is 4.69. The van der Waals surface area contributed by atoms with Gasteiger partial charge in [-0.3, -0.25) is 9.97 Å². The van der Waals surface area contributed by atoms with Crippen LogP contribution in [-0.2, 0) is 13.0 Å². The van der Waals surface area contributed by atoms with Crippen molar-refractivity contribution in [3.05, 3.63) is 59.7 Å². The van der Waals surface area contributed by atoms with Crippen LogP contribution in [0.2, 0.25) is 0 Å². The molecule has 2 heterocycles. The fourth-order valence-electron chi connectivity index (χ4n) is 2.54. The number of pyridine rings is 2. The number of aryl methyl sites for hydroxylation is 1. The lowest BCUT2D eigenvalue weighted by Gasteiger charge is -2.25. The van der Waals surface area contributed by atoms with Crippen LogP contribution in [0.25, 0.3) is 0 Å². The summed E-state index contributed by atoms with van der Waals surface area (Å²) in [6, 6.07) is 10.6. The Morgan fingerprint density at radius 2 is 2.06 bits per heavy atom. The maximum Gasteiger partial charge on any atom is 0.0605 e. The Morgan fingerprint density at radius 1 is 1.11 bits per heavy atom. The van der Waals surface area contributed by atoms with E-state index < -0.39 is 0 Å². The van der Waals surface area contributed by atoms with Crippen LogP contribution in [0.15, 0.2) is 42.7 Å². The van der Waals surface area contributed by atoms with Gasteiger partial charge in [0, 0.05) is 18.9 Å². The molecule has 0 amide bonds. The van der Waals surface area contributed by atoms with E-state index in [-0.39, 0.29) is 0 Å². The molecule has 1 atom stereocenters. The van der Waals surface area contributed by atoms with E-state index in [9.17, 15) is 0 Å². The van der Waals surface area contributed by atoms with Crippen molar-refractivity contribution in [3.8, 4) is 0 Å². The third kappa shape index (κ3) is 2.41. The van der Waals surface area contributed by atoms with Crippen molar-refractivity contribution in [1.82, 2.24) is 15.3 Å². The molecule has 0 saturated heterocycles. The van der Waals surface area contributed by atoms with E-state index in [1.807, 2.05) is 30.6 Å². The highest BCUT2D eigenvalue weighted by atomic mass is 15.0. The molecule has 0 bridgehead atoms. The molecule has 1 unspecified atom stereocenters. The molecule has 0 spiro atoms. The van der Waals surface area contributed by atoms with Crippen LogP contribution < -0.4 is 5.32 Å². The van der Waals surface area contributed by atoms with Gasteiger partial charge in [-0.15, -0.1) is 0 Å². The number of nitrogens with one attached hydrogen (secondary N) is 1. The van der Waals surface area contributed by atoms with Gasteiger partial charge < -0.3 is 5.32 Å². The minimum absolute atomic E-state index is 0.372. The van der Waals surface area contributed by atoms with E-state index in [2.05, 4.69) is 27.4 Å². The van der Waals surface area contributed by atoms with Crippen LogP contribution in [0.3, 0.4) is 0 Å². The first-order valence-electron chi connectivity index (χ1n) is 6.50. The van der Waals surface area contributed by atoms with Crippen LogP contribution in [0.4, 0.5) is 0 Å². The summed E-state index contributed by atoms with van der Waals surface area (Å²) in [5.74, 6) is 0. The molecule has 0 aliphatic heterocycles. The van der Waals surface area contributed by atoms with Gasteiger partial charge in [-0.05, 0) is 43.0 Å². The second kappa shape index (κ2) is 5.27. The third-order valence-corrected chi connectivity index (χ3v) is 3.45. The standard InChI is InChI=1S/C15H17N3/c1-2-9-16-13(7-1)11-18-14-8-3-5-12-6-4-10-17-15(12)14/h1-2,4,6-7,9-10,14,18H,3,5,8,11H2. The second-order valence-corrected chi connectivity index (χ2v) is 4.69. The van der Waals surface area contributed by atoms with E-state index in [1.165, 1.54) is 17.7 Å². The molecule has 3 rings (SSSR count). The Balaban J connectivity index is 1.71. The first-order chi connectivity index (χ1) is 8.93. The average Bonchev–Trinajstić information content (AvgIpc) is 2.46. The quantitative estimate of drug-likeness (QED) is 0.894. The fraction of sp³-hybridized carbons (Fsp3) is 0.333. The van der Waals surface area contributed by atoms with Crippen molar-refractivity contribution in [2.45, 2.75) is 31.8 Å². The third-order valence-electron chi connectivity index (χ3n) is 3.45. The Kier molecular flexibility index (Phi) is 3.33. The Hall–Kier alpha value is -1.74. The van der Waals surface area contributed by atoms with Crippen LogP contribution in [0.1, 0.15) is 35.8 Å². The summed E-state index contributed by atoms with van der Waals surface area (Å²) < 4.78 is 0. The molecule has 0 aromatic carbocycles. The molecule has 0 fully saturated rings. The van der Waals surface area contributed by atoms with Crippen LogP contribution in [-0.4, -0.2) is 9.97 Å². The molecule has 2 aromatic rings. The van der Waals surface area contributed by atoms with Gasteiger partial charge >= 0.3 is 0 Å². The van der Waals surface area contributed by atoms with Gasteiger partial charge in [0.25, 0.3) is 0 Å². The smallest absolute Gasteiger partial charge is 0.0605 e. The molecular formula is C15H17N3. The lowest BCUT2D eigenvalue weighted by atomic mass is 9.92. The molecule has 92 valence electrons. The number of hydrogen-bond acceptors (Lipinski definition) is 3. The van der Waals surface area contributed by atoms with E-state index in [1.54, 1.807) is 0 Å². The van der Waals surface area contributed by atoms with Gasteiger partial charge in [0.05, 0.1) is 17.4 Å². The van der Waals surface area contributed by atoms with Crippen molar-refractivity contribution in [2.24, 2.45) is 0 Å². The predicted octanol–water partition coefficient (Wildman–Crippen LogP) is 2.64. The largest absolute Gasteiger partial charge is 0.303 e. The fourth-order valence-corrected chi connectivity index (χ4v) is 2.54. The maximum atomic E-state index is 4.53. The Labute approximate surface area is 107 Å². The van der Waals surface area contributed by atoms with Crippen LogP contribution in [0.5, 0.6) is 0 Å². The van der Waals surface area contributed by atoms with Crippen molar-refractivity contribution in [1.29, 1.82) is 0 Å². The molecule has 3 heteroatoms. The predicted molar refractivity (Wildman–Crippen MR) is 71.0 cm³/mol. The summed E-state index contributed by atoms with van der Waals surface area (Å²) in [7, 11) is 0. The summed E-state index contributed by atoms with van der Waals surface area (Å²) in [5.41, 5.74) is 3.70. The molecule has 3 nitrogen and oxygen atoms in total. The zero-order valence-electron chi connectivity index (χ0n) is 10.3. The molecule has 2 aromatic heterocycles. The normalized spacial score (nSPS) is 18.3. The molecule has 1 N–H and O–H groups in total. The number of rotatable bonds is 3. The van der Waals surface area contributed by atoms with E-state index >= 15 is 0 Å². The van der Waals surface area contributed by atoms with Gasteiger partial charge in [0.2, 0.25) is 0 Å². The van der Waals surface area contributed by atoms with Crippen molar-refractivity contribution < 1.29 is 0 Å². The van der Waals surface area contributed by atoms with Crippen molar-refractivity contribution in [3.63, 3.8) is 0 Å². The zero-order chi connectivity index (χ0) is 12.2. The average molecular weight is 239 g/mol. The highest BCUT2D eigenvalue weighted by Crippen LogP contribution is 2.27. The lowest BCUT2D eigenvalue weighted by Crippen LogP contribution is -2.26. The molecule has 0 saturated carbocycles. The summed E-state index contributed by atoms with van der Waals surface area (Å²) in [6.45, 7) is 0.807. The molecule has 1 aliphatic rings. The molecule has 18 heavy (non-hydrogen) atoms. The van der Waals surface area contributed by atoms with E-state index in [0.717, 1.165) is 25.1 Å². The number of nitrogens with zero attached hydrogens (tertiary/aromatic N) is 2. The van der Waals surface area contributed by atoms with Crippen LogP contribution in [0, 0.1) is 0 Å². The van der Waals surface area contributed by atoms with Gasteiger partial charge in [-0.25, -0.2) is 0 Å². The van der Waals surface area contributed by atoms with Crippen molar-refractivity contribution in [2.75, 3.05) is 0 Å². The maximum absolute atomic E-state index is 4.53. The van der Waals surface area contributed by atoms with Gasteiger partial charge in [0.15, 0.2) is 0 Å². The lowest BCUT2D eigenvalue weighted by molar-refractivity contribution is 0.445. The first-order valence-corrected chi connectivity index (χ1v) is 6.50.